The van der Waals surface area contributed by atoms with Gasteiger partial charge in [0.15, 0.2) is 0 Å². The molecular weight excluding hydrogens is 284 g/mol. The molecule has 2 saturated carbocycles. The Morgan fingerprint density at radius 1 is 0.870 bits per heavy atom. The van der Waals surface area contributed by atoms with Crippen molar-refractivity contribution in [2.24, 2.45) is 17.8 Å². The van der Waals surface area contributed by atoms with Crippen LogP contribution in [0.15, 0.2) is 41.5 Å². The van der Waals surface area contributed by atoms with E-state index >= 15 is 0 Å². The van der Waals surface area contributed by atoms with Crippen LogP contribution in [0, 0.1) is 17.8 Å². The normalized spacial score (nSPS) is 33.7. The molecule has 1 aromatic carbocycles. The molecule has 122 valence electrons. The number of hydrogen-bond donors (Lipinski definition) is 1. The van der Waals surface area contributed by atoms with E-state index in [0.29, 0.717) is 5.92 Å². The first-order chi connectivity index (χ1) is 11.3. The third kappa shape index (κ3) is 2.52. The number of fused-ring (bicyclic) bond motifs is 2. The van der Waals surface area contributed by atoms with Crippen LogP contribution in [-0.2, 0) is 4.79 Å². The predicted molar refractivity (Wildman–Crippen MR) is 91.3 cm³/mol. The van der Waals surface area contributed by atoms with Crippen LogP contribution in [0.1, 0.15) is 62.8 Å². The highest BCUT2D eigenvalue weighted by Gasteiger charge is 2.48. The molecule has 2 fully saturated rings. The molecule has 0 bridgehead atoms. The van der Waals surface area contributed by atoms with Crippen molar-refractivity contribution in [2.75, 3.05) is 0 Å². The van der Waals surface area contributed by atoms with Gasteiger partial charge >= 0.3 is 5.97 Å². The van der Waals surface area contributed by atoms with E-state index in [0.717, 1.165) is 12.8 Å². The second kappa shape index (κ2) is 6.14. The summed E-state index contributed by atoms with van der Waals surface area (Å²) in [5.41, 5.74) is 4.46. The molecule has 0 aromatic heterocycles. The largest absolute Gasteiger partial charge is 0.481 e. The van der Waals surface area contributed by atoms with E-state index in [2.05, 4.69) is 24.3 Å². The van der Waals surface area contributed by atoms with E-state index in [-0.39, 0.29) is 17.8 Å². The fourth-order valence-corrected chi connectivity index (χ4v) is 5.61. The maximum Gasteiger partial charge on any atom is 0.307 e. The van der Waals surface area contributed by atoms with Gasteiger partial charge in [0.2, 0.25) is 0 Å². The van der Waals surface area contributed by atoms with Crippen molar-refractivity contribution in [1.29, 1.82) is 0 Å². The number of hydrogen-bond acceptors (Lipinski definition) is 1. The predicted octanol–water partition coefficient (Wildman–Crippen LogP) is 5.16. The highest BCUT2D eigenvalue weighted by atomic mass is 16.4. The average molecular weight is 310 g/mol. The molecule has 1 aromatic rings. The van der Waals surface area contributed by atoms with Crippen molar-refractivity contribution in [1.82, 2.24) is 0 Å². The Morgan fingerprint density at radius 2 is 1.48 bits per heavy atom. The summed E-state index contributed by atoms with van der Waals surface area (Å²) < 4.78 is 0. The van der Waals surface area contributed by atoms with E-state index in [1.807, 2.05) is 6.07 Å². The molecule has 1 N–H and O–H groups in total. The summed E-state index contributed by atoms with van der Waals surface area (Å²) in [6.07, 6.45) is 9.61. The Morgan fingerprint density at radius 3 is 2.13 bits per heavy atom. The highest BCUT2D eigenvalue weighted by Crippen LogP contribution is 2.56. The summed E-state index contributed by atoms with van der Waals surface area (Å²) >= 11 is 0. The second-order valence-corrected chi connectivity index (χ2v) is 7.56. The van der Waals surface area contributed by atoms with E-state index in [4.69, 9.17) is 0 Å². The van der Waals surface area contributed by atoms with E-state index in [9.17, 15) is 9.90 Å². The first-order valence-corrected chi connectivity index (χ1v) is 9.27. The monoisotopic (exact) mass is 310 g/mol. The molecule has 23 heavy (non-hydrogen) atoms. The molecule has 0 amide bonds. The molecule has 4 atom stereocenters. The maximum atomic E-state index is 12.2. The quantitative estimate of drug-likeness (QED) is 0.766. The standard InChI is InChI=1S/C21H26O2/c22-21(23)20-18-13-7-5-11-16(18)15-10-4-6-12-17(15)19(20)14-8-2-1-3-9-14/h1-3,8-9,17-20H,4-7,10-13H2,(H,22,23)/t17-,18-,19+,20-/m0/s1. The number of rotatable bonds is 2. The van der Waals surface area contributed by atoms with Crippen molar-refractivity contribution in [3.05, 3.63) is 47.0 Å². The third-order valence-electron chi connectivity index (χ3n) is 6.45. The smallest absolute Gasteiger partial charge is 0.307 e. The van der Waals surface area contributed by atoms with Gasteiger partial charge < -0.3 is 5.11 Å². The SMILES string of the molecule is O=C(O)[C@@H]1[C@H](c2ccccc2)[C@H]2CCCCC2=C2CCCC[C@@H]21. The van der Waals surface area contributed by atoms with E-state index < -0.39 is 5.97 Å². The lowest BCUT2D eigenvalue weighted by Crippen LogP contribution is -2.42. The van der Waals surface area contributed by atoms with Crippen molar-refractivity contribution in [3.8, 4) is 0 Å². The van der Waals surface area contributed by atoms with Crippen molar-refractivity contribution in [2.45, 2.75) is 57.3 Å². The molecular formula is C21H26O2. The molecule has 3 aliphatic rings. The lowest BCUT2D eigenvalue weighted by Gasteiger charge is -2.48. The van der Waals surface area contributed by atoms with Crippen LogP contribution in [0.4, 0.5) is 0 Å². The highest BCUT2D eigenvalue weighted by molar-refractivity contribution is 5.73. The summed E-state index contributed by atoms with van der Waals surface area (Å²) in [5.74, 6) is 0.135. The zero-order valence-corrected chi connectivity index (χ0v) is 13.7. The van der Waals surface area contributed by atoms with Crippen molar-refractivity contribution in [3.63, 3.8) is 0 Å². The van der Waals surface area contributed by atoms with Gasteiger partial charge in [0.25, 0.3) is 0 Å². The fraction of sp³-hybridized carbons (Fsp3) is 0.571. The first kappa shape index (κ1) is 15.0. The number of allylic oxidation sites excluding steroid dienone is 2. The van der Waals surface area contributed by atoms with Crippen LogP contribution in [0.2, 0.25) is 0 Å². The van der Waals surface area contributed by atoms with Gasteiger partial charge in [0, 0.05) is 5.92 Å². The van der Waals surface area contributed by atoms with Crippen LogP contribution >= 0.6 is 0 Å². The number of benzene rings is 1. The fourth-order valence-electron chi connectivity index (χ4n) is 5.61. The zero-order valence-electron chi connectivity index (χ0n) is 13.7. The zero-order chi connectivity index (χ0) is 15.8. The van der Waals surface area contributed by atoms with Gasteiger partial charge in [0.05, 0.1) is 5.92 Å². The molecule has 0 unspecified atom stereocenters. The minimum atomic E-state index is -0.576. The Bertz CT molecular complexity index is 616. The molecule has 3 aliphatic carbocycles. The van der Waals surface area contributed by atoms with Crippen LogP contribution in [0.5, 0.6) is 0 Å². The molecule has 4 rings (SSSR count). The van der Waals surface area contributed by atoms with Gasteiger partial charge in [0.1, 0.15) is 0 Å². The first-order valence-electron chi connectivity index (χ1n) is 9.27. The molecule has 0 saturated heterocycles. The molecule has 2 heteroatoms. The summed E-state index contributed by atoms with van der Waals surface area (Å²) in [6.45, 7) is 0. The molecule has 2 nitrogen and oxygen atoms in total. The van der Waals surface area contributed by atoms with Gasteiger partial charge in [-0.25, -0.2) is 0 Å². The average Bonchev–Trinajstić information content (AvgIpc) is 2.61. The maximum absolute atomic E-state index is 12.2. The van der Waals surface area contributed by atoms with Gasteiger partial charge in [-0.05, 0) is 55.9 Å². The summed E-state index contributed by atoms with van der Waals surface area (Å²) in [4.78, 5) is 12.2. The molecule has 0 radical (unpaired) electrons. The molecule has 0 spiro atoms. The van der Waals surface area contributed by atoms with Crippen molar-refractivity contribution >= 4 is 5.97 Å². The van der Waals surface area contributed by atoms with Crippen LogP contribution in [-0.4, -0.2) is 11.1 Å². The Balaban J connectivity index is 1.85. The summed E-state index contributed by atoms with van der Waals surface area (Å²) in [6, 6.07) is 10.5. The Kier molecular flexibility index (Phi) is 4.00. The summed E-state index contributed by atoms with van der Waals surface area (Å²) in [7, 11) is 0. The van der Waals surface area contributed by atoms with E-state index in [1.165, 1.54) is 44.1 Å². The number of aliphatic carboxylic acids is 1. The van der Waals surface area contributed by atoms with Gasteiger partial charge in [-0.3, -0.25) is 4.79 Å². The number of carbonyl (C=O) groups is 1. The Hall–Kier alpha value is -1.57. The van der Waals surface area contributed by atoms with E-state index in [1.54, 1.807) is 11.1 Å². The lowest BCUT2D eigenvalue weighted by atomic mass is 9.56. The van der Waals surface area contributed by atoms with Crippen LogP contribution in [0.25, 0.3) is 0 Å². The van der Waals surface area contributed by atoms with Gasteiger partial charge in [-0.15, -0.1) is 0 Å². The van der Waals surface area contributed by atoms with Crippen LogP contribution in [0.3, 0.4) is 0 Å². The lowest BCUT2D eigenvalue weighted by molar-refractivity contribution is -0.145. The Labute approximate surface area is 138 Å². The van der Waals surface area contributed by atoms with Crippen molar-refractivity contribution < 1.29 is 9.90 Å². The molecule has 0 heterocycles. The number of carboxylic acid groups (broad SMARTS) is 1. The minimum absolute atomic E-state index is 0.177. The second-order valence-electron chi connectivity index (χ2n) is 7.56. The van der Waals surface area contributed by atoms with Crippen LogP contribution < -0.4 is 0 Å². The molecule has 0 aliphatic heterocycles. The summed E-state index contributed by atoms with van der Waals surface area (Å²) in [5, 5.41) is 10.1. The number of carboxylic acids is 1. The minimum Gasteiger partial charge on any atom is -0.481 e. The third-order valence-corrected chi connectivity index (χ3v) is 6.45. The van der Waals surface area contributed by atoms with Gasteiger partial charge in [-0.1, -0.05) is 54.3 Å². The van der Waals surface area contributed by atoms with Gasteiger partial charge in [-0.2, -0.15) is 0 Å². The topological polar surface area (TPSA) is 37.3 Å².